The van der Waals surface area contributed by atoms with Crippen LogP contribution in [0.1, 0.15) is 18.5 Å². The Kier molecular flexibility index (Phi) is 4.72. The highest BCUT2D eigenvalue weighted by Gasteiger charge is 2.19. The summed E-state index contributed by atoms with van der Waals surface area (Å²) < 4.78 is 1.53. The normalized spacial score (nSPS) is 11.9. The highest BCUT2D eigenvalue weighted by atomic mass is 79.9. The highest BCUT2D eigenvalue weighted by molar-refractivity contribution is 9.10. The molecule has 1 unspecified atom stereocenters. The molecule has 1 heterocycles. The van der Waals surface area contributed by atoms with E-state index in [0.717, 1.165) is 10.0 Å². The lowest BCUT2D eigenvalue weighted by molar-refractivity contribution is -0.384. The van der Waals surface area contributed by atoms with E-state index >= 15 is 0 Å². The van der Waals surface area contributed by atoms with Gasteiger partial charge in [-0.25, -0.2) is 0 Å². The van der Waals surface area contributed by atoms with Gasteiger partial charge in [0.2, 0.25) is 0 Å². The van der Waals surface area contributed by atoms with Gasteiger partial charge < -0.3 is 5.32 Å². The SMILES string of the molecule is CC(Nc1c(Br)cncc1[N+](=O)[O-])c1cccc(Br)c1. The number of anilines is 1. The lowest BCUT2D eigenvalue weighted by atomic mass is 10.1. The molecule has 20 heavy (non-hydrogen) atoms. The van der Waals surface area contributed by atoms with Crippen LogP contribution in [0.3, 0.4) is 0 Å². The van der Waals surface area contributed by atoms with Gasteiger partial charge in [-0.05, 0) is 40.5 Å². The van der Waals surface area contributed by atoms with Crippen molar-refractivity contribution >= 4 is 43.2 Å². The van der Waals surface area contributed by atoms with Crippen molar-refractivity contribution in [3.8, 4) is 0 Å². The maximum Gasteiger partial charge on any atom is 0.311 e. The van der Waals surface area contributed by atoms with Gasteiger partial charge in [-0.2, -0.15) is 0 Å². The number of aromatic nitrogens is 1. The largest absolute Gasteiger partial charge is 0.372 e. The van der Waals surface area contributed by atoms with E-state index in [1.165, 1.54) is 12.4 Å². The van der Waals surface area contributed by atoms with Crippen molar-refractivity contribution in [3.63, 3.8) is 0 Å². The molecule has 0 aliphatic carbocycles. The summed E-state index contributed by atoms with van der Waals surface area (Å²) in [5.41, 5.74) is 1.40. The molecule has 0 spiro atoms. The number of nitro groups is 1. The second kappa shape index (κ2) is 6.32. The molecule has 0 fully saturated rings. The van der Waals surface area contributed by atoms with Crippen LogP contribution in [0.5, 0.6) is 0 Å². The molecule has 5 nitrogen and oxygen atoms in total. The molecule has 0 aliphatic rings. The maximum atomic E-state index is 11.0. The molecule has 0 radical (unpaired) electrons. The van der Waals surface area contributed by atoms with E-state index in [2.05, 4.69) is 42.2 Å². The Morgan fingerprint density at radius 1 is 1.35 bits per heavy atom. The topological polar surface area (TPSA) is 68.1 Å². The second-order valence-corrected chi connectivity index (χ2v) is 5.96. The summed E-state index contributed by atoms with van der Waals surface area (Å²) >= 11 is 6.71. The van der Waals surface area contributed by atoms with Crippen molar-refractivity contribution in [2.75, 3.05) is 5.32 Å². The number of benzene rings is 1. The summed E-state index contributed by atoms with van der Waals surface area (Å²) in [5, 5.41) is 14.2. The van der Waals surface area contributed by atoms with Crippen LogP contribution >= 0.6 is 31.9 Å². The van der Waals surface area contributed by atoms with E-state index in [4.69, 9.17) is 0 Å². The summed E-state index contributed by atoms with van der Waals surface area (Å²) in [6, 6.07) is 7.71. The Hall–Kier alpha value is -1.47. The number of hydrogen-bond donors (Lipinski definition) is 1. The zero-order chi connectivity index (χ0) is 14.7. The first-order chi connectivity index (χ1) is 9.49. The van der Waals surface area contributed by atoms with Gasteiger partial charge in [0, 0.05) is 16.7 Å². The summed E-state index contributed by atoms with van der Waals surface area (Å²) in [6.07, 6.45) is 2.77. The zero-order valence-electron chi connectivity index (χ0n) is 10.5. The fraction of sp³-hybridized carbons (Fsp3) is 0.154. The van der Waals surface area contributed by atoms with E-state index < -0.39 is 4.92 Å². The molecular formula is C13H11Br2N3O2. The standard InChI is InChI=1S/C13H11Br2N3O2/c1-8(9-3-2-4-10(14)5-9)17-13-11(15)6-16-7-12(13)18(19)20/h2-8H,1H3,(H,16,17). The lowest BCUT2D eigenvalue weighted by Crippen LogP contribution is -2.09. The van der Waals surface area contributed by atoms with Gasteiger partial charge >= 0.3 is 5.69 Å². The summed E-state index contributed by atoms with van der Waals surface area (Å²) in [4.78, 5) is 14.4. The fourth-order valence-corrected chi connectivity index (χ4v) is 2.63. The third-order valence-corrected chi connectivity index (χ3v) is 3.88. The van der Waals surface area contributed by atoms with Crippen LogP contribution in [-0.2, 0) is 0 Å². The molecule has 104 valence electrons. The molecule has 7 heteroatoms. The summed E-state index contributed by atoms with van der Waals surface area (Å²) in [7, 11) is 0. The predicted molar refractivity (Wildman–Crippen MR) is 84.8 cm³/mol. The van der Waals surface area contributed by atoms with Gasteiger partial charge in [0.05, 0.1) is 9.40 Å². The first-order valence-corrected chi connectivity index (χ1v) is 7.37. The van der Waals surface area contributed by atoms with Crippen molar-refractivity contribution in [2.45, 2.75) is 13.0 Å². The van der Waals surface area contributed by atoms with Crippen LogP contribution in [0.15, 0.2) is 45.6 Å². The Balaban J connectivity index is 2.32. The van der Waals surface area contributed by atoms with Crippen molar-refractivity contribution < 1.29 is 4.92 Å². The Labute approximate surface area is 132 Å². The third kappa shape index (κ3) is 3.34. The first-order valence-electron chi connectivity index (χ1n) is 5.79. The number of rotatable bonds is 4. The second-order valence-electron chi connectivity index (χ2n) is 4.19. The van der Waals surface area contributed by atoms with Gasteiger partial charge in [-0.3, -0.25) is 15.1 Å². The number of nitrogens with one attached hydrogen (secondary N) is 1. The van der Waals surface area contributed by atoms with Crippen molar-refractivity contribution in [1.29, 1.82) is 0 Å². The Morgan fingerprint density at radius 2 is 2.10 bits per heavy atom. The average molecular weight is 401 g/mol. The van der Waals surface area contributed by atoms with Crippen LogP contribution in [0.25, 0.3) is 0 Å². The monoisotopic (exact) mass is 399 g/mol. The molecule has 0 amide bonds. The fourth-order valence-electron chi connectivity index (χ4n) is 1.78. The van der Waals surface area contributed by atoms with Crippen molar-refractivity contribution in [3.05, 3.63) is 61.3 Å². The van der Waals surface area contributed by atoms with E-state index in [9.17, 15) is 10.1 Å². The Bertz CT molecular complexity index is 649. The molecule has 0 bridgehead atoms. The molecule has 0 aliphatic heterocycles. The number of halogens is 2. The van der Waals surface area contributed by atoms with E-state index in [-0.39, 0.29) is 11.7 Å². The number of nitrogens with zero attached hydrogens (tertiary/aromatic N) is 2. The zero-order valence-corrected chi connectivity index (χ0v) is 13.7. The van der Waals surface area contributed by atoms with Gasteiger partial charge in [0.15, 0.2) is 0 Å². The summed E-state index contributed by atoms with van der Waals surface area (Å²) in [5.74, 6) is 0. The minimum atomic E-state index is -0.451. The van der Waals surface area contributed by atoms with Crippen LogP contribution in [0, 0.1) is 10.1 Å². The molecule has 2 aromatic rings. The molecule has 2 rings (SSSR count). The smallest absolute Gasteiger partial charge is 0.311 e. The van der Waals surface area contributed by atoms with Crippen molar-refractivity contribution in [2.24, 2.45) is 0 Å². The number of hydrogen-bond acceptors (Lipinski definition) is 4. The third-order valence-electron chi connectivity index (χ3n) is 2.79. The molecule has 0 saturated heterocycles. The number of pyridine rings is 1. The molecular weight excluding hydrogens is 390 g/mol. The first kappa shape index (κ1) is 14.9. The lowest BCUT2D eigenvalue weighted by Gasteiger charge is -2.16. The van der Waals surface area contributed by atoms with Gasteiger partial charge in [-0.1, -0.05) is 28.1 Å². The highest BCUT2D eigenvalue weighted by Crippen LogP contribution is 2.34. The quantitative estimate of drug-likeness (QED) is 0.597. The van der Waals surface area contributed by atoms with E-state index in [0.29, 0.717) is 10.2 Å². The van der Waals surface area contributed by atoms with E-state index in [1.807, 2.05) is 31.2 Å². The molecule has 1 aromatic carbocycles. The molecule has 0 saturated carbocycles. The molecule has 1 atom stereocenters. The van der Waals surface area contributed by atoms with Gasteiger partial charge in [-0.15, -0.1) is 0 Å². The van der Waals surface area contributed by atoms with Crippen LogP contribution < -0.4 is 5.32 Å². The minimum Gasteiger partial charge on any atom is -0.372 e. The van der Waals surface area contributed by atoms with E-state index in [1.54, 1.807) is 0 Å². The van der Waals surface area contributed by atoms with Crippen LogP contribution in [0.4, 0.5) is 11.4 Å². The predicted octanol–water partition coefficient (Wildman–Crippen LogP) is 4.69. The molecule has 1 N–H and O–H groups in total. The van der Waals surface area contributed by atoms with Crippen molar-refractivity contribution in [1.82, 2.24) is 4.98 Å². The minimum absolute atomic E-state index is 0.0544. The maximum absolute atomic E-state index is 11.0. The van der Waals surface area contributed by atoms with Crippen LogP contribution in [0.2, 0.25) is 0 Å². The van der Waals surface area contributed by atoms with Crippen LogP contribution in [-0.4, -0.2) is 9.91 Å². The Morgan fingerprint density at radius 3 is 2.75 bits per heavy atom. The van der Waals surface area contributed by atoms with Gasteiger partial charge in [0.1, 0.15) is 11.9 Å². The molecule has 1 aromatic heterocycles. The summed E-state index contributed by atoms with van der Waals surface area (Å²) in [6.45, 7) is 1.94. The average Bonchev–Trinajstić information content (AvgIpc) is 2.40. The van der Waals surface area contributed by atoms with Gasteiger partial charge in [0.25, 0.3) is 0 Å².